The zero-order valence-corrected chi connectivity index (χ0v) is 12.6. The standard InChI is InChI=1S/C16H19F2NO4/c17-13-5-1-3-11(16(13)18)10-19(7-6-15(21)22)14(20)9-12-4-2-8-23-12/h1,3,5,12H,2,4,6-10H2,(H,21,22)/t12-/m1/s1. The highest BCUT2D eigenvalue weighted by Gasteiger charge is 2.24. The predicted molar refractivity (Wildman–Crippen MR) is 77.6 cm³/mol. The van der Waals surface area contributed by atoms with E-state index in [1.165, 1.54) is 17.0 Å². The molecule has 23 heavy (non-hydrogen) atoms. The molecule has 0 spiro atoms. The van der Waals surface area contributed by atoms with E-state index in [1.54, 1.807) is 0 Å². The first-order valence-corrected chi connectivity index (χ1v) is 7.51. The Morgan fingerprint density at radius 1 is 1.35 bits per heavy atom. The number of aliphatic carboxylic acids is 1. The van der Waals surface area contributed by atoms with Crippen molar-refractivity contribution in [1.29, 1.82) is 0 Å². The van der Waals surface area contributed by atoms with Gasteiger partial charge in [-0.25, -0.2) is 8.78 Å². The van der Waals surface area contributed by atoms with Crippen molar-refractivity contribution in [3.05, 3.63) is 35.4 Å². The van der Waals surface area contributed by atoms with Gasteiger partial charge in [0.2, 0.25) is 5.91 Å². The van der Waals surface area contributed by atoms with E-state index in [2.05, 4.69) is 0 Å². The molecule has 0 radical (unpaired) electrons. The van der Waals surface area contributed by atoms with Crippen molar-refractivity contribution in [1.82, 2.24) is 4.90 Å². The minimum absolute atomic E-state index is 0.0241. The molecule has 1 saturated heterocycles. The Bertz CT molecular complexity index is 573. The summed E-state index contributed by atoms with van der Waals surface area (Å²) >= 11 is 0. The maximum Gasteiger partial charge on any atom is 0.305 e. The van der Waals surface area contributed by atoms with Gasteiger partial charge in [-0.05, 0) is 18.9 Å². The predicted octanol–water partition coefficient (Wildman–Crippen LogP) is 2.34. The van der Waals surface area contributed by atoms with Gasteiger partial charge < -0.3 is 14.7 Å². The fraction of sp³-hybridized carbons (Fsp3) is 0.500. The number of nitrogens with zero attached hydrogens (tertiary/aromatic N) is 1. The van der Waals surface area contributed by atoms with Crippen LogP contribution in [0, 0.1) is 11.6 Å². The normalized spacial score (nSPS) is 17.2. The monoisotopic (exact) mass is 327 g/mol. The van der Waals surface area contributed by atoms with Crippen molar-refractivity contribution >= 4 is 11.9 Å². The van der Waals surface area contributed by atoms with Crippen LogP contribution in [0.15, 0.2) is 18.2 Å². The SMILES string of the molecule is O=C(O)CCN(Cc1cccc(F)c1F)C(=O)C[C@H]1CCCO1. The Kier molecular flexibility index (Phi) is 6.04. The van der Waals surface area contributed by atoms with E-state index in [0.717, 1.165) is 18.9 Å². The topological polar surface area (TPSA) is 66.8 Å². The number of halogens is 2. The van der Waals surface area contributed by atoms with Gasteiger partial charge in [-0.3, -0.25) is 9.59 Å². The summed E-state index contributed by atoms with van der Waals surface area (Å²) in [6.45, 7) is 0.380. The van der Waals surface area contributed by atoms with Crippen molar-refractivity contribution in [2.75, 3.05) is 13.2 Å². The number of carboxylic acid groups (broad SMARTS) is 1. The second-order valence-corrected chi connectivity index (χ2v) is 5.51. The zero-order valence-electron chi connectivity index (χ0n) is 12.6. The van der Waals surface area contributed by atoms with Crippen molar-refractivity contribution in [3.63, 3.8) is 0 Å². The lowest BCUT2D eigenvalue weighted by Crippen LogP contribution is -2.35. The molecule has 0 bridgehead atoms. The maximum absolute atomic E-state index is 13.8. The number of hydrogen-bond donors (Lipinski definition) is 1. The van der Waals surface area contributed by atoms with Gasteiger partial charge in [0.25, 0.3) is 0 Å². The second kappa shape index (κ2) is 8.01. The van der Waals surface area contributed by atoms with Gasteiger partial charge in [0, 0.05) is 25.3 Å². The molecule has 0 aliphatic carbocycles. The van der Waals surface area contributed by atoms with Crippen molar-refractivity contribution in [3.8, 4) is 0 Å². The summed E-state index contributed by atoms with van der Waals surface area (Å²) in [7, 11) is 0. The Hall–Kier alpha value is -2.02. The molecule has 1 amide bonds. The van der Waals surface area contributed by atoms with Crippen LogP contribution in [0.3, 0.4) is 0 Å². The molecule has 5 nitrogen and oxygen atoms in total. The molecule has 1 aromatic carbocycles. The average molecular weight is 327 g/mol. The van der Waals surface area contributed by atoms with Crippen LogP contribution in [0.25, 0.3) is 0 Å². The zero-order chi connectivity index (χ0) is 16.8. The molecule has 1 N–H and O–H groups in total. The molecule has 1 fully saturated rings. The number of amides is 1. The van der Waals surface area contributed by atoms with Crippen LogP contribution in [-0.4, -0.2) is 41.1 Å². The van der Waals surface area contributed by atoms with Crippen LogP contribution < -0.4 is 0 Å². The number of carbonyl (C=O) groups excluding carboxylic acids is 1. The summed E-state index contributed by atoms with van der Waals surface area (Å²) in [5.41, 5.74) is 0.0241. The first-order valence-electron chi connectivity index (χ1n) is 7.51. The van der Waals surface area contributed by atoms with E-state index in [4.69, 9.17) is 9.84 Å². The number of carbonyl (C=O) groups is 2. The second-order valence-electron chi connectivity index (χ2n) is 5.51. The highest BCUT2D eigenvalue weighted by Crippen LogP contribution is 2.19. The van der Waals surface area contributed by atoms with Crippen LogP contribution in [0.4, 0.5) is 8.78 Å². The summed E-state index contributed by atoms with van der Waals surface area (Å²) in [5, 5.41) is 8.80. The molecular weight excluding hydrogens is 308 g/mol. The van der Waals surface area contributed by atoms with Crippen molar-refractivity contribution in [2.24, 2.45) is 0 Å². The van der Waals surface area contributed by atoms with Crippen molar-refractivity contribution in [2.45, 2.75) is 38.3 Å². The van der Waals surface area contributed by atoms with Crippen molar-refractivity contribution < 1.29 is 28.2 Å². The minimum Gasteiger partial charge on any atom is -0.481 e. The Labute approximate surface area is 132 Å². The van der Waals surface area contributed by atoms with Gasteiger partial charge in [-0.15, -0.1) is 0 Å². The lowest BCUT2D eigenvalue weighted by molar-refractivity contribution is -0.139. The fourth-order valence-electron chi connectivity index (χ4n) is 2.53. The third kappa shape index (κ3) is 4.99. The largest absolute Gasteiger partial charge is 0.481 e. The number of rotatable bonds is 7. The van der Waals surface area contributed by atoms with Gasteiger partial charge >= 0.3 is 5.97 Å². The third-order valence-electron chi connectivity index (χ3n) is 3.77. The molecule has 0 unspecified atom stereocenters. The highest BCUT2D eigenvalue weighted by atomic mass is 19.2. The van der Waals surface area contributed by atoms with Gasteiger partial charge in [-0.1, -0.05) is 12.1 Å². The Morgan fingerprint density at radius 2 is 2.13 bits per heavy atom. The summed E-state index contributed by atoms with van der Waals surface area (Å²) < 4.78 is 32.4. The van der Waals surface area contributed by atoms with Crippen LogP contribution in [-0.2, 0) is 20.9 Å². The van der Waals surface area contributed by atoms with Crippen LogP contribution in [0.5, 0.6) is 0 Å². The molecule has 1 aromatic rings. The lowest BCUT2D eigenvalue weighted by atomic mass is 10.1. The molecule has 1 heterocycles. The highest BCUT2D eigenvalue weighted by molar-refractivity contribution is 5.77. The van der Waals surface area contributed by atoms with E-state index in [9.17, 15) is 18.4 Å². The summed E-state index contributed by atoms with van der Waals surface area (Å²) in [5.74, 6) is -3.38. The van der Waals surface area contributed by atoms with E-state index < -0.39 is 17.6 Å². The summed E-state index contributed by atoms with van der Waals surface area (Å²) in [4.78, 5) is 24.3. The number of hydrogen-bond acceptors (Lipinski definition) is 3. The van der Waals surface area contributed by atoms with Crippen LogP contribution in [0.1, 0.15) is 31.2 Å². The molecule has 0 aromatic heterocycles. The molecule has 1 aliphatic heterocycles. The molecule has 2 rings (SSSR count). The quantitative estimate of drug-likeness (QED) is 0.835. The summed E-state index contributed by atoms with van der Waals surface area (Å²) in [6, 6.07) is 3.73. The van der Waals surface area contributed by atoms with Gasteiger partial charge in [0.1, 0.15) is 0 Å². The minimum atomic E-state index is -1.06. The number of carboxylic acids is 1. The Morgan fingerprint density at radius 3 is 2.78 bits per heavy atom. The van der Waals surface area contributed by atoms with E-state index >= 15 is 0 Å². The van der Waals surface area contributed by atoms with Gasteiger partial charge in [-0.2, -0.15) is 0 Å². The lowest BCUT2D eigenvalue weighted by Gasteiger charge is -2.24. The third-order valence-corrected chi connectivity index (χ3v) is 3.77. The first-order chi connectivity index (χ1) is 11.0. The van der Waals surface area contributed by atoms with Gasteiger partial charge in [0.15, 0.2) is 11.6 Å². The molecular formula is C16H19F2NO4. The first kappa shape index (κ1) is 17.3. The average Bonchev–Trinajstić information content (AvgIpc) is 3.00. The fourth-order valence-corrected chi connectivity index (χ4v) is 2.53. The van der Waals surface area contributed by atoms with E-state index in [0.29, 0.717) is 6.61 Å². The molecule has 1 atom stereocenters. The molecule has 1 aliphatic rings. The summed E-state index contributed by atoms with van der Waals surface area (Å²) in [6.07, 6.45) is 1.33. The maximum atomic E-state index is 13.8. The molecule has 7 heteroatoms. The van der Waals surface area contributed by atoms with Crippen LogP contribution in [0.2, 0.25) is 0 Å². The van der Waals surface area contributed by atoms with E-state index in [-0.39, 0.29) is 43.5 Å². The molecule has 0 saturated carbocycles. The molecule has 126 valence electrons. The van der Waals surface area contributed by atoms with Gasteiger partial charge in [0.05, 0.1) is 18.9 Å². The number of benzene rings is 1. The van der Waals surface area contributed by atoms with E-state index in [1.807, 2.05) is 0 Å². The smallest absolute Gasteiger partial charge is 0.305 e. The Balaban J connectivity index is 2.07. The van der Waals surface area contributed by atoms with Crippen LogP contribution >= 0.6 is 0 Å². The number of ether oxygens (including phenoxy) is 1.